The molecular weight excluding hydrogens is 280 g/mol. The lowest BCUT2D eigenvalue weighted by molar-refractivity contribution is 0.252. The molecule has 0 saturated heterocycles. The summed E-state index contributed by atoms with van der Waals surface area (Å²) < 4.78 is 1.03. The summed E-state index contributed by atoms with van der Waals surface area (Å²) in [6, 6.07) is 5.75. The zero-order valence-electron chi connectivity index (χ0n) is 10.3. The van der Waals surface area contributed by atoms with Crippen LogP contribution in [0, 0.1) is 0 Å². The summed E-state index contributed by atoms with van der Waals surface area (Å²) in [5.74, 6) is 0. The molecule has 17 heavy (non-hydrogen) atoms. The van der Waals surface area contributed by atoms with Crippen LogP contribution in [-0.4, -0.2) is 12.6 Å². The maximum Gasteiger partial charge on any atom is 0.319 e. The molecule has 4 heteroatoms. The van der Waals surface area contributed by atoms with E-state index >= 15 is 0 Å². The first kappa shape index (κ1) is 14.0. The van der Waals surface area contributed by atoms with E-state index in [1.54, 1.807) is 0 Å². The third-order valence-corrected chi connectivity index (χ3v) is 3.01. The van der Waals surface area contributed by atoms with Gasteiger partial charge in [-0.25, -0.2) is 4.79 Å². The van der Waals surface area contributed by atoms with E-state index < -0.39 is 0 Å². The number of hydrogen-bond acceptors (Lipinski definition) is 1. The smallest absolute Gasteiger partial charge is 0.319 e. The molecule has 0 atom stereocenters. The van der Waals surface area contributed by atoms with Gasteiger partial charge in [-0.1, -0.05) is 36.2 Å². The summed E-state index contributed by atoms with van der Waals surface area (Å²) in [7, 11) is 0. The van der Waals surface area contributed by atoms with E-state index in [1.165, 1.54) is 0 Å². The summed E-state index contributed by atoms with van der Waals surface area (Å²) in [6.07, 6.45) is 2.98. The van der Waals surface area contributed by atoms with Crippen molar-refractivity contribution in [3.05, 3.63) is 28.2 Å². The van der Waals surface area contributed by atoms with E-state index in [1.807, 2.05) is 18.2 Å². The van der Waals surface area contributed by atoms with Crippen LogP contribution in [0.2, 0.25) is 0 Å². The molecule has 0 saturated carbocycles. The number of amides is 2. The monoisotopic (exact) mass is 298 g/mol. The molecule has 0 spiro atoms. The van der Waals surface area contributed by atoms with Gasteiger partial charge in [0.15, 0.2) is 0 Å². The molecule has 0 aliphatic carbocycles. The van der Waals surface area contributed by atoms with Crippen molar-refractivity contribution in [3.63, 3.8) is 0 Å². The van der Waals surface area contributed by atoms with Crippen molar-refractivity contribution in [2.75, 3.05) is 11.9 Å². The first-order chi connectivity index (χ1) is 8.17. The Morgan fingerprint density at radius 2 is 2.12 bits per heavy atom. The highest BCUT2D eigenvalue weighted by Gasteiger charge is 2.05. The second-order valence-electron chi connectivity index (χ2n) is 3.89. The van der Waals surface area contributed by atoms with Gasteiger partial charge in [-0.15, -0.1) is 0 Å². The maximum atomic E-state index is 11.6. The Bertz CT molecular complexity index is 380. The zero-order chi connectivity index (χ0) is 12.7. The molecule has 2 amide bonds. The summed E-state index contributed by atoms with van der Waals surface area (Å²) in [5, 5.41) is 5.71. The van der Waals surface area contributed by atoms with Gasteiger partial charge in [0.1, 0.15) is 0 Å². The van der Waals surface area contributed by atoms with Crippen molar-refractivity contribution in [2.24, 2.45) is 0 Å². The fourth-order valence-corrected chi connectivity index (χ4v) is 1.93. The number of nitrogens with one attached hydrogen (secondary N) is 2. The van der Waals surface area contributed by atoms with Gasteiger partial charge in [-0.2, -0.15) is 0 Å². The van der Waals surface area contributed by atoms with Crippen molar-refractivity contribution in [3.8, 4) is 0 Å². The van der Waals surface area contributed by atoms with E-state index in [-0.39, 0.29) is 6.03 Å². The van der Waals surface area contributed by atoms with Gasteiger partial charge in [-0.05, 0) is 36.6 Å². The van der Waals surface area contributed by atoms with Crippen LogP contribution >= 0.6 is 15.9 Å². The normalized spacial score (nSPS) is 10.1. The Morgan fingerprint density at radius 3 is 2.76 bits per heavy atom. The number of unbranched alkanes of at least 4 members (excludes halogenated alkanes) is 1. The quantitative estimate of drug-likeness (QED) is 0.795. The SMILES string of the molecule is CCCCNC(=O)Nc1ccc(Br)cc1CC. The maximum absolute atomic E-state index is 11.6. The van der Waals surface area contributed by atoms with Crippen molar-refractivity contribution < 1.29 is 4.79 Å². The summed E-state index contributed by atoms with van der Waals surface area (Å²) in [4.78, 5) is 11.6. The van der Waals surface area contributed by atoms with E-state index in [4.69, 9.17) is 0 Å². The zero-order valence-corrected chi connectivity index (χ0v) is 11.9. The van der Waals surface area contributed by atoms with Crippen LogP contribution < -0.4 is 10.6 Å². The van der Waals surface area contributed by atoms with Gasteiger partial charge >= 0.3 is 6.03 Å². The Hall–Kier alpha value is -1.03. The second-order valence-corrected chi connectivity index (χ2v) is 4.81. The third-order valence-electron chi connectivity index (χ3n) is 2.51. The molecule has 0 aliphatic heterocycles. The van der Waals surface area contributed by atoms with Crippen LogP contribution in [-0.2, 0) is 6.42 Å². The van der Waals surface area contributed by atoms with Crippen LogP contribution in [0.1, 0.15) is 32.3 Å². The van der Waals surface area contributed by atoms with Crippen LogP contribution in [0.3, 0.4) is 0 Å². The first-order valence-corrected chi connectivity index (χ1v) is 6.80. The number of halogens is 1. The standard InChI is InChI=1S/C13H19BrN2O/c1-3-5-8-15-13(17)16-12-7-6-11(14)9-10(12)4-2/h6-7,9H,3-5,8H2,1-2H3,(H2,15,16,17). The van der Waals surface area contributed by atoms with E-state index in [0.717, 1.165) is 41.5 Å². The highest BCUT2D eigenvalue weighted by atomic mass is 79.9. The summed E-state index contributed by atoms with van der Waals surface area (Å²) in [5.41, 5.74) is 2.01. The molecule has 0 heterocycles. The number of rotatable bonds is 5. The topological polar surface area (TPSA) is 41.1 Å². The number of carbonyl (C=O) groups is 1. The van der Waals surface area contributed by atoms with E-state index in [0.29, 0.717) is 0 Å². The fourth-order valence-electron chi connectivity index (χ4n) is 1.52. The highest BCUT2D eigenvalue weighted by Crippen LogP contribution is 2.21. The van der Waals surface area contributed by atoms with Crippen LogP contribution in [0.4, 0.5) is 10.5 Å². The average Bonchev–Trinajstić information content (AvgIpc) is 2.32. The van der Waals surface area contributed by atoms with Gasteiger partial charge in [0.2, 0.25) is 0 Å². The van der Waals surface area contributed by atoms with Crippen molar-refractivity contribution in [1.82, 2.24) is 5.32 Å². The van der Waals surface area contributed by atoms with Gasteiger partial charge in [0, 0.05) is 16.7 Å². The Kier molecular flexibility index (Phi) is 6.05. The number of benzene rings is 1. The summed E-state index contributed by atoms with van der Waals surface area (Å²) in [6.45, 7) is 4.89. The minimum atomic E-state index is -0.129. The first-order valence-electron chi connectivity index (χ1n) is 6.00. The summed E-state index contributed by atoms with van der Waals surface area (Å²) >= 11 is 3.43. The van der Waals surface area contributed by atoms with Crippen molar-refractivity contribution >= 4 is 27.6 Å². The molecule has 1 rings (SSSR count). The molecule has 0 unspecified atom stereocenters. The highest BCUT2D eigenvalue weighted by molar-refractivity contribution is 9.10. The van der Waals surface area contributed by atoms with E-state index in [2.05, 4.69) is 40.4 Å². The average molecular weight is 299 g/mol. The number of anilines is 1. The largest absolute Gasteiger partial charge is 0.338 e. The molecule has 0 bridgehead atoms. The molecule has 0 radical (unpaired) electrons. The minimum absolute atomic E-state index is 0.129. The molecule has 2 N–H and O–H groups in total. The van der Waals surface area contributed by atoms with Crippen LogP contribution in [0.15, 0.2) is 22.7 Å². The predicted octanol–water partition coefficient (Wildman–Crippen LogP) is 3.93. The van der Waals surface area contributed by atoms with Gasteiger partial charge in [0.25, 0.3) is 0 Å². The Balaban J connectivity index is 2.58. The third kappa shape index (κ3) is 4.77. The molecule has 1 aromatic carbocycles. The number of aryl methyl sites for hydroxylation is 1. The van der Waals surface area contributed by atoms with Gasteiger partial charge in [0.05, 0.1) is 0 Å². The van der Waals surface area contributed by atoms with Crippen molar-refractivity contribution in [1.29, 1.82) is 0 Å². The van der Waals surface area contributed by atoms with Gasteiger partial charge in [-0.3, -0.25) is 0 Å². The lowest BCUT2D eigenvalue weighted by atomic mass is 10.1. The molecule has 0 fully saturated rings. The number of hydrogen-bond donors (Lipinski definition) is 2. The molecule has 0 aliphatic rings. The number of carbonyl (C=O) groups excluding carboxylic acids is 1. The lowest BCUT2D eigenvalue weighted by Gasteiger charge is -2.11. The van der Waals surface area contributed by atoms with Crippen molar-refractivity contribution in [2.45, 2.75) is 33.1 Å². The van der Waals surface area contributed by atoms with Gasteiger partial charge < -0.3 is 10.6 Å². The molecular formula is C13H19BrN2O. The minimum Gasteiger partial charge on any atom is -0.338 e. The van der Waals surface area contributed by atoms with E-state index in [9.17, 15) is 4.79 Å². The Morgan fingerprint density at radius 1 is 1.35 bits per heavy atom. The predicted molar refractivity (Wildman–Crippen MR) is 75.4 cm³/mol. The molecule has 3 nitrogen and oxygen atoms in total. The van der Waals surface area contributed by atoms with Crippen LogP contribution in [0.25, 0.3) is 0 Å². The molecule has 94 valence electrons. The Labute approximate surface area is 111 Å². The number of urea groups is 1. The lowest BCUT2D eigenvalue weighted by Crippen LogP contribution is -2.29. The second kappa shape index (κ2) is 7.33. The molecule has 1 aromatic rings. The fraction of sp³-hybridized carbons (Fsp3) is 0.462. The molecule has 0 aromatic heterocycles. The van der Waals surface area contributed by atoms with Crippen LogP contribution in [0.5, 0.6) is 0 Å².